The molecule has 1 unspecified atom stereocenters. The van der Waals surface area contributed by atoms with Crippen LogP contribution in [0.25, 0.3) is 0 Å². The van der Waals surface area contributed by atoms with Crippen LogP contribution in [0.3, 0.4) is 0 Å². The zero-order valence-corrected chi connectivity index (χ0v) is 9.54. The molecule has 0 aromatic heterocycles. The van der Waals surface area contributed by atoms with Crippen LogP contribution in [0.2, 0.25) is 0 Å². The van der Waals surface area contributed by atoms with Gasteiger partial charge in [-0.25, -0.2) is 4.79 Å². The van der Waals surface area contributed by atoms with Crippen molar-refractivity contribution in [2.24, 2.45) is 0 Å². The summed E-state index contributed by atoms with van der Waals surface area (Å²) >= 11 is 2.88. The van der Waals surface area contributed by atoms with Gasteiger partial charge in [0.25, 0.3) is 0 Å². The molecule has 4 nitrogen and oxygen atoms in total. The fourth-order valence-corrected chi connectivity index (χ4v) is 3.14. The number of hydrogen-bond acceptors (Lipinski definition) is 5. The lowest BCUT2D eigenvalue weighted by atomic mass is 10.4. The van der Waals surface area contributed by atoms with E-state index < -0.39 is 5.97 Å². The lowest BCUT2D eigenvalue weighted by molar-refractivity contribution is -0.135. The van der Waals surface area contributed by atoms with Gasteiger partial charge in [-0.1, -0.05) is 18.7 Å². The minimum absolute atomic E-state index is 0.0911. The van der Waals surface area contributed by atoms with Gasteiger partial charge in [0, 0.05) is 6.08 Å². The third kappa shape index (κ3) is 2.95. The van der Waals surface area contributed by atoms with E-state index in [1.54, 1.807) is 11.8 Å². The molecule has 0 aromatic carbocycles. The first kappa shape index (κ1) is 11.5. The molecular formula is C8H11NO3S2. The molecule has 0 aliphatic carbocycles. The maximum Gasteiger partial charge on any atom is 0.344 e. The standard InChI is InChI=1S/C8H11NO3S2/c1-3-13-8-9-6(10)4-5(14-8)7(11)12-2/h4,8H,3H2,1-2H3,(H,9,10). The molecular weight excluding hydrogens is 222 g/mol. The Kier molecular flexibility index (Phi) is 4.34. The minimum Gasteiger partial charge on any atom is -0.465 e. The van der Waals surface area contributed by atoms with E-state index in [4.69, 9.17) is 0 Å². The Bertz CT molecular complexity index is 278. The lowest BCUT2D eigenvalue weighted by Crippen LogP contribution is -2.33. The van der Waals surface area contributed by atoms with Crippen LogP contribution in [0.4, 0.5) is 0 Å². The normalized spacial score (nSPS) is 21.1. The molecule has 0 spiro atoms. The second kappa shape index (κ2) is 5.31. The summed E-state index contributed by atoms with van der Waals surface area (Å²) in [6, 6.07) is 0. The molecule has 78 valence electrons. The Morgan fingerprint density at radius 3 is 3.07 bits per heavy atom. The quantitative estimate of drug-likeness (QED) is 0.735. The number of rotatable bonds is 3. The Morgan fingerprint density at radius 1 is 1.79 bits per heavy atom. The molecule has 1 aliphatic rings. The second-order valence-corrected chi connectivity index (χ2v) is 5.24. The van der Waals surface area contributed by atoms with Gasteiger partial charge in [-0.3, -0.25) is 4.79 Å². The number of hydrogen-bond donors (Lipinski definition) is 1. The van der Waals surface area contributed by atoms with Crippen LogP contribution >= 0.6 is 23.5 Å². The summed E-state index contributed by atoms with van der Waals surface area (Å²) in [5, 5.41) is 2.73. The molecule has 0 saturated carbocycles. The average molecular weight is 233 g/mol. The van der Waals surface area contributed by atoms with E-state index >= 15 is 0 Å². The van der Waals surface area contributed by atoms with Crippen LogP contribution in [0.1, 0.15) is 6.92 Å². The van der Waals surface area contributed by atoms with E-state index in [1.165, 1.54) is 24.9 Å². The van der Waals surface area contributed by atoms with Gasteiger partial charge in [-0.15, -0.1) is 11.8 Å². The highest BCUT2D eigenvalue weighted by Crippen LogP contribution is 2.31. The number of carbonyl (C=O) groups excluding carboxylic acids is 2. The molecule has 1 rings (SSSR count). The average Bonchev–Trinajstić information content (AvgIpc) is 2.16. The lowest BCUT2D eigenvalue weighted by Gasteiger charge is -2.20. The molecule has 1 atom stereocenters. The summed E-state index contributed by atoms with van der Waals surface area (Å²) < 4.78 is 4.46. The van der Waals surface area contributed by atoms with Gasteiger partial charge in [0.05, 0.1) is 7.11 Å². The topological polar surface area (TPSA) is 55.4 Å². The Hall–Kier alpha value is -0.620. The Balaban J connectivity index is 2.68. The Labute approximate surface area is 90.8 Å². The monoisotopic (exact) mass is 233 g/mol. The molecule has 0 radical (unpaired) electrons. The van der Waals surface area contributed by atoms with Crippen molar-refractivity contribution in [2.75, 3.05) is 12.9 Å². The van der Waals surface area contributed by atoms with Gasteiger partial charge in [0.1, 0.15) is 9.61 Å². The van der Waals surface area contributed by atoms with Gasteiger partial charge < -0.3 is 10.1 Å². The van der Waals surface area contributed by atoms with Gasteiger partial charge in [-0.05, 0) is 5.75 Å². The van der Waals surface area contributed by atoms with Crippen LogP contribution < -0.4 is 5.32 Å². The summed E-state index contributed by atoms with van der Waals surface area (Å²) in [6.07, 6.45) is 1.27. The van der Waals surface area contributed by atoms with Crippen molar-refractivity contribution in [3.8, 4) is 0 Å². The van der Waals surface area contributed by atoms with E-state index in [9.17, 15) is 9.59 Å². The van der Waals surface area contributed by atoms with Crippen molar-refractivity contribution in [3.05, 3.63) is 11.0 Å². The fourth-order valence-electron chi connectivity index (χ4n) is 0.890. The molecule has 0 aromatic rings. The summed E-state index contributed by atoms with van der Waals surface area (Å²) in [4.78, 5) is 22.7. The highest BCUT2D eigenvalue weighted by molar-refractivity contribution is 8.19. The number of ether oxygens (including phenoxy) is 1. The molecule has 1 amide bonds. The zero-order valence-electron chi connectivity index (χ0n) is 7.90. The van der Waals surface area contributed by atoms with Crippen molar-refractivity contribution < 1.29 is 14.3 Å². The molecule has 0 saturated heterocycles. The molecule has 1 N–H and O–H groups in total. The maximum atomic E-state index is 11.2. The third-order valence-electron chi connectivity index (χ3n) is 1.46. The maximum absolute atomic E-state index is 11.2. The van der Waals surface area contributed by atoms with Crippen LogP contribution in [-0.2, 0) is 14.3 Å². The van der Waals surface area contributed by atoms with Crippen molar-refractivity contribution in [3.63, 3.8) is 0 Å². The predicted octanol–water partition coefficient (Wildman–Crippen LogP) is 0.943. The van der Waals surface area contributed by atoms with Crippen LogP contribution in [0.15, 0.2) is 11.0 Å². The van der Waals surface area contributed by atoms with E-state index in [-0.39, 0.29) is 10.6 Å². The first-order valence-electron chi connectivity index (χ1n) is 4.06. The zero-order chi connectivity index (χ0) is 10.6. The largest absolute Gasteiger partial charge is 0.465 e. The van der Waals surface area contributed by atoms with Crippen LogP contribution in [-0.4, -0.2) is 29.4 Å². The highest BCUT2D eigenvalue weighted by Gasteiger charge is 2.24. The number of thioether (sulfide) groups is 2. The Morgan fingerprint density at radius 2 is 2.50 bits per heavy atom. The summed E-state index contributed by atoms with van der Waals surface area (Å²) in [7, 11) is 1.30. The van der Waals surface area contributed by atoms with Crippen molar-refractivity contribution in [1.82, 2.24) is 5.32 Å². The van der Waals surface area contributed by atoms with E-state index in [0.717, 1.165) is 5.75 Å². The first-order valence-corrected chi connectivity index (χ1v) is 5.99. The SMILES string of the molecule is CCSC1NC(=O)C=C(C(=O)OC)S1. The molecule has 1 aliphatic heterocycles. The molecule has 0 fully saturated rings. The fraction of sp³-hybridized carbons (Fsp3) is 0.500. The summed E-state index contributed by atoms with van der Waals surface area (Å²) in [5.41, 5.74) is 0. The first-order chi connectivity index (χ1) is 6.67. The molecule has 0 bridgehead atoms. The summed E-state index contributed by atoms with van der Waals surface area (Å²) in [5.74, 6) is 0.188. The highest BCUT2D eigenvalue weighted by atomic mass is 32.2. The molecule has 1 heterocycles. The number of amides is 1. The van der Waals surface area contributed by atoms with Gasteiger partial charge in [0.15, 0.2) is 0 Å². The molecule has 14 heavy (non-hydrogen) atoms. The second-order valence-electron chi connectivity index (χ2n) is 2.41. The number of carbonyl (C=O) groups is 2. The van der Waals surface area contributed by atoms with Gasteiger partial charge in [0.2, 0.25) is 5.91 Å². The van der Waals surface area contributed by atoms with E-state index in [0.29, 0.717) is 4.91 Å². The molecule has 6 heteroatoms. The minimum atomic E-state index is -0.452. The summed E-state index contributed by atoms with van der Waals surface area (Å²) in [6.45, 7) is 1.99. The third-order valence-corrected chi connectivity index (χ3v) is 3.78. The van der Waals surface area contributed by atoms with Crippen molar-refractivity contribution in [1.29, 1.82) is 0 Å². The smallest absolute Gasteiger partial charge is 0.344 e. The van der Waals surface area contributed by atoms with Crippen LogP contribution in [0, 0.1) is 0 Å². The van der Waals surface area contributed by atoms with Crippen LogP contribution in [0.5, 0.6) is 0 Å². The van der Waals surface area contributed by atoms with Gasteiger partial charge in [-0.2, -0.15) is 0 Å². The number of nitrogens with one attached hydrogen (secondary N) is 1. The van der Waals surface area contributed by atoms with Gasteiger partial charge >= 0.3 is 5.97 Å². The van der Waals surface area contributed by atoms with E-state index in [2.05, 4.69) is 10.1 Å². The number of esters is 1. The van der Waals surface area contributed by atoms with Crippen molar-refractivity contribution >= 4 is 35.4 Å². The van der Waals surface area contributed by atoms with E-state index in [1.807, 2.05) is 6.92 Å². The number of methoxy groups -OCH3 is 1. The van der Waals surface area contributed by atoms with Crippen molar-refractivity contribution in [2.45, 2.75) is 11.6 Å². The predicted molar refractivity (Wildman–Crippen MR) is 57.8 cm³/mol.